The van der Waals surface area contributed by atoms with Crippen LogP contribution in [0.25, 0.3) is 6.08 Å². The Bertz CT molecular complexity index is 2560. The highest BCUT2D eigenvalue weighted by Gasteiger charge is 2.38. The highest BCUT2D eigenvalue weighted by Crippen LogP contribution is 2.42. The highest BCUT2D eigenvalue weighted by molar-refractivity contribution is 7.18. The molecule has 15 heteroatoms. The average molecular weight is 1110 g/mol. The van der Waals surface area contributed by atoms with Crippen molar-refractivity contribution in [1.29, 1.82) is 0 Å². The standard InChI is InChI=1S/C63H77ClO13S/c64-57-36-35-56(78-57)54(65)33-25-49-39-53(76-62(70)47-15-13-45(14-16-47)60(68)73-50-26-11-40(12-27-50)37-38-72-58(66)43-7-3-1-4-8-43)32-34-55(49)77-63(71)48-19-17-46(18-20-48)61(69)75-52-30-23-42(24-31-52)41-21-28-51(29-22-41)74-59(67)44-9-5-2-6-10-44/h11-12,25-27,32-36,39,41-48,51-52H,1-10,13-24,28-31,37-38H2/b33-25+. The van der Waals surface area contributed by atoms with Gasteiger partial charge in [0.05, 0.1) is 51.3 Å². The van der Waals surface area contributed by atoms with Gasteiger partial charge >= 0.3 is 35.8 Å². The predicted octanol–water partition coefficient (Wildman–Crippen LogP) is 13.8. The molecule has 6 aliphatic carbocycles. The lowest BCUT2D eigenvalue weighted by molar-refractivity contribution is -0.160. The van der Waals surface area contributed by atoms with Gasteiger partial charge in [-0.25, -0.2) is 0 Å². The molecule has 13 nitrogen and oxygen atoms in total. The Kier molecular flexibility index (Phi) is 20.7. The van der Waals surface area contributed by atoms with Gasteiger partial charge < -0.3 is 28.4 Å². The van der Waals surface area contributed by atoms with E-state index in [0.717, 1.165) is 120 Å². The van der Waals surface area contributed by atoms with Crippen molar-refractivity contribution in [2.75, 3.05) is 6.61 Å². The van der Waals surface area contributed by atoms with E-state index in [1.54, 1.807) is 42.5 Å². The van der Waals surface area contributed by atoms with Crippen LogP contribution < -0.4 is 14.2 Å². The molecule has 0 spiro atoms. The average Bonchev–Trinajstić information content (AvgIpc) is 3.92. The largest absolute Gasteiger partial charge is 0.465 e. The first-order valence-corrected chi connectivity index (χ1v) is 30.5. The summed E-state index contributed by atoms with van der Waals surface area (Å²) in [4.78, 5) is 92.5. The van der Waals surface area contributed by atoms with E-state index in [1.165, 1.54) is 25.0 Å². The maximum absolute atomic E-state index is 13.7. The summed E-state index contributed by atoms with van der Waals surface area (Å²) in [7, 11) is 0. The molecule has 0 saturated heterocycles. The van der Waals surface area contributed by atoms with Gasteiger partial charge in [0.1, 0.15) is 29.5 Å². The number of hydrogen-bond acceptors (Lipinski definition) is 14. The third kappa shape index (κ3) is 16.2. The number of carbonyl (C=O) groups is 7. The number of halogens is 1. The normalized spacial score (nSPS) is 26.3. The first kappa shape index (κ1) is 57.3. The van der Waals surface area contributed by atoms with E-state index in [9.17, 15) is 33.6 Å². The smallest absolute Gasteiger partial charge is 0.314 e. The molecule has 0 amide bonds. The number of allylic oxidation sites excluding steroid dienone is 1. The molecule has 78 heavy (non-hydrogen) atoms. The summed E-state index contributed by atoms with van der Waals surface area (Å²) < 4.78 is 35.6. The maximum atomic E-state index is 13.7. The van der Waals surface area contributed by atoms with Crippen LogP contribution in [0.5, 0.6) is 17.2 Å². The van der Waals surface area contributed by atoms with Crippen LogP contribution in [0.1, 0.15) is 188 Å². The molecule has 0 bridgehead atoms. The van der Waals surface area contributed by atoms with Gasteiger partial charge in [0.15, 0.2) is 5.78 Å². The van der Waals surface area contributed by atoms with Crippen molar-refractivity contribution in [3.63, 3.8) is 0 Å². The maximum Gasteiger partial charge on any atom is 0.314 e. The molecular formula is C63H77ClO13S. The Morgan fingerprint density at radius 3 is 1.41 bits per heavy atom. The minimum absolute atomic E-state index is 0.0128. The van der Waals surface area contributed by atoms with Crippen LogP contribution in [-0.4, -0.2) is 60.4 Å². The molecular weight excluding hydrogens is 1030 g/mol. The zero-order valence-corrected chi connectivity index (χ0v) is 46.6. The molecule has 6 fully saturated rings. The SMILES string of the molecule is O=C(/C=C/c1cc(OC(=O)C2CCC(C(=O)Oc3ccc(CCOC(=O)C4CCCCC4)cc3)CC2)ccc1OC(=O)C1CCC(C(=O)OC2CCC(C3CCC(OC(=O)C4CCCCC4)CC3)CC2)CC1)c1ccc(Cl)s1. The molecule has 1 aromatic heterocycles. The van der Waals surface area contributed by atoms with Crippen molar-refractivity contribution < 1.29 is 62.0 Å². The van der Waals surface area contributed by atoms with Crippen LogP contribution in [0.2, 0.25) is 4.34 Å². The van der Waals surface area contributed by atoms with Crippen LogP contribution in [0, 0.1) is 47.3 Å². The lowest BCUT2D eigenvalue weighted by atomic mass is 9.72. The summed E-state index contributed by atoms with van der Waals surface area (Å²) in [6, 6.07) is 15.2. The molecule has 6 saturated carbocycles. The van der Waals surface area contributed by atoms with E-state index >= 15 is 0 Å². The van der Waals surface area contributed by atoms with E-state index < -0.39 is 23.8 Å². The molecule has 2 aromatic carbocycles. The molecule has 9 rings (SSSR count). The number of benzene rings is 2. The summed E-state index contributed by atoms with van der Waals surface area (Å²) in [6.07, 6.45) is 25.6. The first-order chi connectivity index (χ1) is 37.9. The number of ketones is 1. The number of thiophene rings is 1. The Hall–Kier alpha value is -5.34. The molecule has 3 aromatic rings. The number of esters is 6. The minimum Gasteiger partial charge on any atom is -0.465 e. The highest BCUT2D eigenvalue weighted by atomic mass is 35.5. The second kappa shape index (κ2) is 28.2. The predicted molar refractivity (Wildman–Crippen MR) is 295 cm³/mol. The monoisotopic (exact) mass is 1110 g/mol. The number of hydrogen-bond donors (Lipinski definition) is 0. The van der Waals surface area contributed by atoms with Crippen LogP contribution in [-0.2, 0) is 49.4 Å². The van der Waals surface area contributed by atoms with Gasteiger partial charge in [0.25, 0.3) is 0 Å². The van der Waals surface area contributed by atoms with E-state index in [-0.39, 0.29) is 77.0 Å². The van der Waals surface area contributed by atoms with Gasteiger partial charge in [0, 0.05) is 12.0 Å². The number of rotatable bonds is 18. The second-order valence-electron chi connectivity index (χ2n) is 23.0. The summed E-state index contributed by atoms with van der Waals surface area (Å²) >= 11 is 7.25. The van der Waals surface area contributed by atoms with Gasteiger partial charge in [-0.3, -0.25) is 33.6 Å². The second-order valence-corrected chi connectivity index (χ2v) is 24.8. The molecule has 6 aliphatic rings. The zero-order chi connectivity index (χ0) is 54.4. The van der Waals surface area contributed by atoms with Crippen molar-refractivity contribution in [1.82, 2.24) is 0 Å². The van der Waals surface area contributed by atoms with Crippen LogP contribution >= 0.6 is 22.9 Å². The fourth-order valence-electron chi connectivity index (χ4n) is 12.9. The first-order valence-electron chi connectivity index (χ1n) is 29.3. The minimum atomic E-state index is -0.448. The Morgan fingerprint density at radius 1 is 0.462 bits per heavy atom. The quantitative estimate of drug-likeness (QED) is 0.0387. The van der Waals surface area contributed by atoms with Gasteiger partial charge in [-0.15, -0.1) is 11.3 Å². The van der Waals surface area contributed by atoms with E-state index in [0.29, 0.717) is 96.8 Å². The number of carbonyl (C=O) groups excluding carboxylic acids is 7. The third-order valence-corrected chi connectivity index (χ3v) is 19.0. The summed E-state index contributed by atoms with van der Waals surface area (Å²) in [5, 5.41) is 0. The molecule has 0 N–H and O–H groups in total. The van der Waals surface area contributed by atoms with Crippen molar-refractivity contribution in [2.45, 2.75) is 186 Å². The Morgan fingerprint density at radius 2 is 0.910 bits per heavy atom. The van der Waals surface area contributed by atoms with Crippen molar-refractivity contribution in [2.24, 2.45) is 47.3 Å². The van der Waals surface area contributed by atoms with Crippen LogP contribution in [0.3, 0.4) is 0 Å². The van der Waals surface area contributed by atoms with E-state index in [1.807, 2.05) is 12.1 Å². The van der Waals surface area contributed by atoms with Crippen molar-refractivity contribution >= 4 is 70.6 Å². The van der Waals surface area contributed by atoms with Crippen LogP contribution in [0.4, 0.5) is 0 Å². The van der Waals surface area contributed by atoms with Crippen molar-refractivity contribution in [3.8, 4) is 17.2 Å². The number of ether oxygens (including phenoxy) is 6. The Balaban J connectivity index is 0.706. The summed E-state index contributed by atoms with van der Waals surface area (Å²) in [5.74, 6) is -1.18. The van der Waals surface area contributed by atoms with E-state index in [4.69, 9.17) is 40.0 Å². The molecule has 0 atom stereocenters. The summed E-state index contributed by atoms with van der Waals surface area (Å²) in [6.45, 7) is 0.310. The van der Waals surface area contributed by atoms with Crippen LogP contribution in [0.15, 0.2) is 60.7 Å². The molecule has 1 heterocycles. The molecule has 0 radical (unpaired) electrons. The third-order valence-electron chi connectivity index (χ3n) is 17.8. The lowest BCUT2D eigenvalue weighted by Crippen LogP contribution is -2.34. The zero-order valence-electron chi connectivity index (χ0n) is 45.0. The van der Waals surface area contributed by atoms with Gasteiger partial charge in [-0.1, -0.05) is 62.3 Å². The Labute approximate surface area is 468 Å². The molecule has 420 valence electrons. The van der Waals surface area contributed by atoms with Gasteiger partial charge in [-0.05, 0) is 200 Å². The lowest BCUT2D eigenvalue weighted by Gasteiger charge is -2.38. The molecule has 0 unspecified atom stereocenters. The van der Waals surface area contributed by atoms with Gasteiger partial charge in [-0.2, -0.15) is 0 Å². The van der Waals surface area contributed by atoms with Gasteiger partial charge in [0.2, 0.25) is 0 Å². The topological polar surface area (TPSA) is 175 Å². The summed E-state index contributed by atoms with van der Waals surface area (Å²) in [5.41, 5.74) is 1.33. The molecule has 0 aliphatic heterocycles. The van der Waals surface area contributed by atoms with E-state index in [2.05, 4.69) is 0 Å². The fraction of sp³-hybridized carbons (Fsp3) is 0.603. The van der Waals surface area contributed by atoms with Crippen molar-refractivity contribution in [3.05, 3.63) is 81.0 Å². The fourth-order valence-corrected chi connectivity index (χ4v) is 13.9.